The zero-order chi connectivity index (χ0) is 21.5. The molecule has 0 radical (unpaired) electrons. The topological polar surface area (TPSA) is 60.5 Å². The van der Waals surface area contributed by atoms with Gasteiger partial charge in [-0.1, -0.05) is 49.6 Å². The minimum Gasteiger partial charge on any atom is -0.353 e. The molecule has 166 valence electrons. The second-order valence-electron chi connectivity index (χ2n) is 8.79. The Hall–Kier alpha value is -2.44. The summed E-state index contributed by atoms with van der Waals surface area (Å²) in [6.07, 6.45) is 8.35. The smallest absolute Gasteiger partial charge is 0.251 e. The van der Waals surface area contributed by atoms with Gasteiger partial charge in [-0.25, -0.2) is 4.98 Å². The van der Waals surface area contributed by atoms with Crippen LogP contribution in [-0.4, -0.2) is 61.6 Å². The van der Waals surface area contributed by atoms with Gasteiger partial charge in [0.25, 0.3) is 5.91 Å². The van der Waals surface area contributed by atoms with Crippen molar-refractivity contribution in [1.29, 1.82) is 0 Å². The van der Waals surface area contributed by atoms with Crippen molar-refractivity contribution in [3.8, 4) is 0 Å². The Morgan fingerprint density at radius 2 is 2.00 bits per heavy atom. The lowest BCUT2D eigenvalue weighted by molar-refractivity contribution is 0.0944. The van der Waals surface area contributed by atoms with Gasteiger partial charge in [-0.3, -0.25) is 4.79 Å². The van der Waals surface area contributed by atoms with Gasteiger partial charge >= 0.3 is 0 Å². The Labute approximate surface area is 186 Å². The molecule has 1 aromatic carbocycles. The van der Waals surface area contributed by atoms with E-state index in [0.29, 0.717) is 18.2 Å². The van der Waals surface area contributed by atoms with Crippen molar-refractivity contribution < 1.29 is 4.79 Å². The predicted molar refractivity (Wildman–Crippen MR) is 125 cm³/mol. The van der Waals surface area contributed by atoms with Crippen LogP contribution >= 0.6 is 0 Å². The molecule has 1 amide bonds. The molecule has 6 nitrogen and oxygen atoms in total. The highest BCUT2D eigenvalue weighted by Gasteiger charge is 2.22. The quantitative estimate of drug-likeness (QED) is 0.719. The molecule has 1 aromatic heterocycles. The van der Waals surface area contributed by atoms with Crippen LogP contribution in [0, 0.1) is 0 Å². The summed E-state index contributed by atoms with van der Waals surface area (Å²) in [5.74, 6) is 0.852. The van der Waals surface area contributed by atoms with Crippen LogP contribution in [0.2, 0.25) is 0 Å². The Bertz CT molecular complexity index is 837. The van der Waals surface area contributed by atoms with Crippen LogP contribution in [0.5, 0.6) is 0 Å². The van der Waals surface area contributed by atoms with E-state index in [9.17, 15) is 4.79 Å². The summed E-state index contributed by atoms with van der Waals surface area (Å²) >= 11 is 0. The van der Waals surface area contributed by atoms with Crippen LogP contribution in [-0.2, 0) is 0 Å². The average molecular weight is 422 g/mol. The van der Waals surface area contributed by atoms with Crippen molar-refractivity contribution in [3.63, 3.8) is 0 Å². The van der Waals surface area contributed by atoms with Gasteiger partial charge in [-0.15, -0.1) is 0 Å². The van der Waals surface area contributed by atoms with Crippen molar-refractivity contribution in [2.45, 2.75) is 44.2 Å². The number of carbonyl (C=O) groups is 1. The Balaban J connectivity index is 1.31. The fourth-order valence-electron chi connectivity index (χ4n) is 4.75. The third kappa shape index (κ3) is 5.83. The van der Waals surface area contributed by atoms with Crippen molar-refractivity contribution in [2.75, 3.05) is 44.7 Å². The largest absolute Gasteiger partial charge is 0.353 e. The van der Waals surface area contributed by atoms with Crippen LogP contribution in [0.25, 0.3) is 0 Å². The Morgan fingerprint density at radius 1 is 1.19 bits per heavy atom. The summed E-state index contributed by atoms with van der Waals surface area (Å²) in [7, 11) is 2.18. The number of likely N-dealkylation sites (N-methyl/N-ethyl adjacent to an activating group) is 1. The van der Waals surface area contributed by atoms with E-state index in [1.165, 1.54) is 37.7 Å². The number of benzene rings is 1. The number of rotatable bonds is 7. The molecule has 4 rings (SSSR count). The Morgan fingerprint density at radius 3 is 2.81 bits per heavy atom. The first kappa shape index (κ1) is 21.8. The number of piperazine rings is 1. The predicted octanol–water partition coefficient (Wildman–Crippen LogP) is 3.23. The maximum Gasteiger partial charge on any atom is 0.251 e. The van der Waals surface area contributed by atoms with Crippen LogP contribution in [0.4, 0.5) is 5.82 Å². The maximum absolute atomic E-state index is 12.7. The van der Waals surface area contributed by atoms with Gasteiger partial charge in [0.1, 0.15) is 5.82 Å². The molecular weight excluding hydrogens is 386 g/mol. The number of amides is 1. The first-order valence-corrected chi connectivity index (χ1v) is 11.7. The van der Waals surface area contributed by atoms with E-state index in [1.807, 2.05) is 12.1 Å². The zero-order valence-corrected chi connectivity index (χ0v) is 18.6. The molecule has 2 heterocycles. The van der Waals surface area contributed by atoms with Crippen LogP contribution in [0.1, 0.15) is 54.1 Å². The molecule has 1 aliphatic heterocycles. The number of pyridine rings is 1. The standard InChI is InChI=1S/C25H35N5O/c1-29(22-10-6-3-7-11-22)16-14-28-25(31)21-12-13-27-24(18-21)30-17-15-26-23(19-30)20-8-4-2-5-9-20/h2,4-5,8-9,12-13,18,22-23,26H,3,6-7,10-11,14-17,19H2,1H3,(H,28,31)/t23-/m0/s1. The molecule has 1 saturated carbocycles. The van der Waals surface area contributed by atoms with Gasteiger partial charge < -0.3 is 20.4 Å². The van der Waals surface area contributed by atoms with E-state index in [1.54, 1.807) is 12.3 Å². The molecule has 2 fully saturated rings. The molecule has 0 spiro atoms. The minimum atomic E-state index is -0.0181. The number of nitrogens with one attached hydrogen (secondary N) is 2. The van der Waals surface area contributed by atoms with Crippen molar-refractivity contribution >= 4 is 11.7 Å². The van der Waals surface area contributed by atoms with E-state index in [2.05, 4.69) is 56.7 Å². The summed E-state index contributed by atoms with van der Waals surface area (Å²) in [5, 5.41) is 6.68. The number of anilines is 1. The highest BCUT2D eigenvalue weighted by molar-refractivity contribution is 5.94. The molecule has 1 saturated heterocycles. The third-order valence-corrected chi connectivity index (χ3v) is 6.66. The lowest BCUT2D eigenvalue weighted by atomic mass is 9.94. The van der Waals surface area contributed by atoms with Crippen molar-refractivity contribution in [3.05, 3.63) is 59.8 Å². The SMILES string of the molecule is CN(CCNC(=O)c1ccnc(N2CCN[C@H](c3ccccc3)C2)c1)C1CCCCC1. The summed E-state index contributed by atoms with van der Waals surface area (Å²) in [4.78, 5) is 22.0. The van der Waals surface area contributed by atoms with E-state index in [0.717, 1.165) is 32.0 Å². The molecule has 6 heteroatoms. The summed E-state index contributed by atoms with van der Waals surface area (Å²) in [6.45, 7) is 4.19. The van der Waals surface area contributed by atoms with Gasteiger partial charge in [0.05, 0.1) is 0 Å². The Kier molecular flexibility index (Phi) is 7.54. The maximum atomic E-state index is 12.7. The third-order valence-electron chi connectivity index (χ3n) is 6.66. The molecule has 1 aliphatic carbocycles. The van der Waals surface area contributed by atoms with Gasteiger partial charge in [0.15, 0.2) is 0 Å². The lowest BCUT2D eigenvalue weighted by Gasteiger charge is -2.35. The van der Waals surface area contributed by atoms with Gasteiger partial charge in [-0.05, 0) is 37.6 Å². The van der Waals surface area contributed by atoms with Crippen molar-refractivity contribution in [2.24, 2.45) is 0 Å². The number of nitrogens with zero attached hydrogens (tertiary/aromatic N) is 3. The normalized spacial score (nSPS) is 20.1. The summed E-state index contributed by atoms with van der Waals surface area (Å²) in [5.41, 5.74) is 1.96. The number of carbonyl (C=O) groups excluding carboxylic acids is 1. The fourth-order valence-corrected chi connectivity index (χ4v) is 4.75. The molecule has 0 unspecified atom stereocenters. The lowest BCUT2D eigenvalue weighted by Crippen LogP contribution is -2.46. The number of aromatic nitrogens is 1. The molecule has 31 heavy (non-hydrogen) atoms. The summed E-state index contributed by atoms with van der Waals surface area (Å²) < 4.78 is 0. The average Bonchev–Trinajstić information content (AvgIpc) is 2.85. The van der Waals surface area contributed by atoms with E-state index in [4.69, 9.17) is 0 Å². The molecule has 2 aromatic rings. The molecule has 2 N–H and O–H groups in total. The van der Waals surface area contributed by atoms with Gasteiger partial charge in [0.2, 0.25) is 0 Å². The second kappa shape index (κ2) is 10.7. The van der Waals surface area contributed by atoms with E-state index in [-0.39, 0.29) is 11.9 Å². The molecule has 1 atom stereocenters. The van der Waals surface area contributed by atoms with Crippen LogP contribution in [0.3, 0.4) is 0 Å². The highest BCUT2D eigenvalue weighted by Crippen LogP contribution is 2.22. The second-order valence-corrected chi connectivity index (χ2v) is 8.79. The molecule has 0 bridgehead atoms. The minimum absolute atomic E-state index is 0.0181. The monoisotopic (exact) mass is 421 g/mol. The van der Waals surface area contributed by atoms with E-state index < -0.39 is 0 Å². The highest BCUT2D eigenvalue weighted by atomic mass is 16.1. The van der Waals surface area contributed by atoms with Crippen LogP contribution in [0.15, 0.2) is 48.7 Å². The van der Waals surface area contributed by atoms with Gasteiger partial charge in [0, 0.05) is 56.6 Å². The molecule has 2 aliphatic rings. The number of hydrogen-bond acceptors (Lipinski definition) is 5. The van der Waals surface area contributed by atoms with E-state index >= 15 is 0 Å². The first-order valence-electron chi connectivity index (χ1n) is 11.7. The summed E-state index contributed by atoms with van der Waals surface area (Å²) in [6, 6.07) is 15.2. The first-order chi connectivity index (χ1) is 15.2. The number of hydrogen-bond donors (Lipinski definition) is 2. The molecular formula is C25H35N5O. The van der Waals surface area contributed by atoms with Crippen molar-refractivity contribution in [1.82, 2.24) is 20.5 Å². The van der Waals surface area contributed by atoms with Gasteiger partial charge in [-0.2, -0.15) is 0 Å². The zero-order valence-electron chi connectivity index (χ0n) is 18.6. The fraction of sp³-hybridized carbons (Fsp3) is 0.520. The van der Waals surface area contributed by atoms with Crippen LogP contribution < -0.4 is 15.5 Å².